The highest BCUT2D eigenvalue weighted by molar-refractivity contribution is 5.79. The number of aliphatic hydroxyl groups is 1. The van der Waals surface area contributed by atoms with Crippen molar-refractivity contribution in [3.8, 4) is 0 Å². The predicted octanol–water partition coefficient (Wildman–Crippen LogP) is 2.79. The lowest BCUT2D eigenvalue weighted by molar-refractivity contribution is -0.104. The summed E-state index contributed by atoms with van der Waals surface area (Å²) in [5.74, 6) is -0.0186. The molecule has 0 aliphatic carbocycles. The fourth-order valence-electron chi connectivity index (χ4n) is 0.479. The van der Waals surface area contributed by atoms with E-state index in [2.05, 4.69) is 6.58 Å². The molecule has 0 fully saturated rings. The highest BCUT2D eigenvalue weighted by Gasteiger charge is 1.96. The van der Waals surface area contributed by atoms with Gasteiger partial charge in [-0.3, -0.25) is 4.79 Å². The van der Waals surface area contributed by atoms with Crippen molar-refractivity contribution >= 4 is 6.29 Å². The summed E-state index contributed by atoms with van der Waals surface area (Å²) in [7, 11) is 0. The molecule has 0 aromatic heterocycles. The van der Waals surface area contributed by atoms with Crippen LogP contribution in [0.2, 0.25) is 0 Å². The molecule has 0 saturated heterocycles. The quantitative estimate of drug-likeness (QED) is 0.304. The summed E-state index contributed by atoms with van der Waals surface area (Å²) in [6.07, 6.45) is 4.92. The van der Waals surface area contributed by atoms with Crippen molar-refractivity contribution in [2.24, 2.45) is 0 Å². The minimum absolute atomic E-state index is 0.0186. The van der Waals surface area contributed by atoms with Gasteiger partial charge in [0.25, 0.3) is 0 Å². The smallest absolute Gasteiger partial charge is 0.153 e. The van der Waals surface area contributed by atoms with Crippen LogP contribution in [-0.4, -0.2) is 11.4 Å². The highest BCUT2D eigenvalue weighted by Crippen LogP contribution is 2.01. The number of aldehydes is 1. The minimum Gasteiger partial charge on any atom is -0.508 e. The summed E-state index contributed by atoms with van der Waals surface area (Å²) in [6, 6.07) is 0. The van der Waals surface area contributed by atoms with E-state index in [0.29, 0.717) is 6.29 Å². The molecule has 0 atom stereocenters. The Balaban J connectivity index is 0. The normalized spacial score (nSPS) is 11.2. The molecule has 68 valence electrons. The summed E-state index contributed by atoms with van der Waals surface area (Å²) in [4.78, 5) is 10.2. The molecule has 0 aliphatic rings. The van der Waals surface area contributed by atoms with E-state index in [-0.39, 0.29) is 11.3 Å². The average Bonchev–Trinajstić information content (AvgIpc) is 2.16. The lowest BCUT2D eigenvalue weighted by Crippen LogP contribution is -1.88. The summed E-state index contributed by atoms with van der Waals surface area (Å²) in [5, 5.41) is 8.96. The van der Waals surface area contributed by atoms with E-state index in [9.17, 15) is 4.79 Å². The molecule has 0 rings (SSSR count). The second-order valence-electron chi connectivity index (χ2n) is 1.65. The summed E-state index contributed by atoms with van der Waals surface area (Å²) >= 11 is 0. The van der Waals surface area contributed by atoms with Crippen LogP contribution in [0.15, 0.2) is 36.1 Å². The Morgan fingerprint density at radius 2 is 1.92 bits per heavy atom. The largest absolute Gasteiger partial charge is 0.508 e. The van der Waals surface area contributed by atoms with E-state index in [1.807, 2.05) is 13.8 Å². The van der Waals surface area contributed by atoms with Gasteiger partial charge in [0, 0.05) is 0 Å². The van der Waals surface area contributed by atoms with Gasteiger partial charge in [0.05, 0.1) is 5.57 Å². The third-order valence-corrected chi connectivity index (χ3v) is 0.994. The summed E-state index contributed by atoms with van der Waals surface area (Å²) in [5.41, 5.74) is 0.248. The van der Waals surface area contributed by atoms with E-state index < -0.39 is 0 Å². The third-order valence-electron chi connectivity index (χ3n) is 0.994. The van der Waals surface area contributed by atoms with Crippen LogP contribution in [-0.2, 0) is 4.79 Å². The first kappa shape index (κ1) is 13.3. The van der Waals surface area contributed by atoms with Crippen LogP contribution in [0, 0.1) is 0 Å². The van der Waals surface area contributed by atoms with E-state index in [1.165, 1.54) is 18.2 Å². The molecule has 1 N–H and O–H groups in total. The molecule has 0 aliphatic heterocycles. The second-order valence-corrected chi connectivity index (χ2v) is 1.65. The van der Waals surface area contributed by atoms with Crippen molar-refractivity contribution in [1.29, 1.82) is 0 Å². The van der Waals surface area contributed by atoms with Crippen molar-refractivity contribution in [1.82, 2.24) is 0 Å². The van der Waals surface area contributed by atoms with Gasteiger partial charge in [-0.05, 0) is 19.1 Å². The number of rotatable bonds is 3. The zero-order valence-corrected chi connectivity index (χ0v) is 7.87. The molecular weight excluding hydrogens is 152 g/mol. The number of carbonyl (C=O) groups is 1. The van der Waals surface area contributed by atoms with Crippen molar-refractivity contribution in [2.75, 3.05) is 0 Å². The first-order chi connectivity index (χ1) is 5.76. The fourth-order valence-corrected chi connectivity index (χ4v) is 0.479. The molecule has 0 saturated carbocycles. The van der Waals surface area contributed by atoms with Crippen LogP contribution in [0.25, 0.3) is 0 Å². The van der Waals surface area contributed by atoms with Gasteiger partial charge in [-0.15, -0.1) is 0 Å². The van der Waals surface area contributed by atoms with Gasteiger partial charge < -0.3 is 5.11 Å². The van der Waals surface area contributed by atoms with Crippen LogP contribution in [0.4, 0.5) is 0 Å². The summed E-state index contributed by atoms with van der Waals surface area (Å²) < 4.78 is 0. The van der Waals surface area contributed by atoms with Gasteiger partial charge in [0.2, 0.25) is 0 Å². The molecule has 0 unspecified atom stereocenters. The molecule has 0 aromatic rings. The molecule has 0 heterocycles. The third kappa shape index (κ3) is 5.47. The van der Waals surface area contributed by atoms with E-state index in [4.69, 9.17) is 5.11 Å². The Morgan fingerprint density at radius 3 is 2.17 bits per heavy atom. The van der Waals surface area contributed by atoms with E-state index in [1.54, 1.807) is 6.92 Å². The number of hydrogen-bond donors (Lipinski definition) is 1. The van der Waals surface area contributed by atoms with E-state index >= 15 is 0 Å². The van der Waals surface area contributed by atoms with Crippen LogP contribution in [0.1, 0.15) is 20.8 Å². The maximum absolute atomic E-state index is 10.2. The van der Waals surface area contributed by atoms with Gasteiger partial charge in [-0.25, -0.2) is 0 Å². The maximum Gasteiger partial charge on any atom is 0.153 e. The van der Waals surface area contributed by atoms with Gasteiger partial charge in [0.15, 0.2) is 6.29 Å². The Labute approximate surface area is 73.9 Å². The molecule has 0 amide bonds. The van der Waals surface area contributed by atoms with Gasteiger partial charge in [-0.2, -0.15) is 0 Å². The van der Waals surface area contributed by atoms with Gasteiger partial charge in [-0.1, -0.05) is 26.5 Å². The predicted molar refractivity (Wildman–Crippen MR) is 52.1 cm³/mol. The zero-order chi connectivity index (χ0) is 9.98. The average molecular weight is 168 g/mol. The number of allylic oxidation sites excluding steroid dienone is 4. The lowest BCUT2D eigenvalue weighted by Gasteiger charge is -1.93. The number of aliphatic hydroxyl groups excluding tert-OH is 1. The first-order valence-corrected chi connectivity index (χ1v) is 3.89. The molecule has 0 radical (unpaired) electrons. The summed E-state index contributed by atoms with van der Waals surface area (Å²) in [6.45, 7) is 9.04. The molecule has 2 nitrogen and oxygen atoms in total. The fraction of sp³-hybridized carbons (Fsp3) is 0.300. The molecule has 0 aromatic carbocycles. The Kier molecular flexibility index (Phi) is 10.7. The maximum atomic E-state index is 10.2. The van der Waals surface area contributed by atoms with Crippen LogP contribution < -0.4 is 0 Å². The molecule has 2 heteroatoms. The standard InChI is InChI=1S/C8H10O2.C2H6/c1-3-5-7(6-9)8(10)4-2;1-2/h3-6,10H,1H2,2H3;1-2H3/b7-5-,8-4+;. The van der Waals surface area contributed by atoms with E-state index in [0.717, 1.165) is 0 Å². The topological polar surface area (TPSA) is 37.3 Å². The number of carbonyl (C=O) groups excluding carboxylic acids is 1. The molecule has 0 bridgehead atoms. The Bertz CT molecular complexity index is 188. The lowest BCUT2D eigenvalue weighted by atomic mass is 10.2. The monoisotopic (exact) mass is 168 g/mol. The minimum atomic E-state index is -0.0186. The van der Waals surface area contributed by atoms with Gasteiger partial charge in [0.1, 0.15) is 5.76 Å². The Morgan fingerprint density at radius 1 is 1.42 bits per heavy atom. The Hall–Kier alpha value is -1.31. The van der Waals surface area contributed by atoms with Crippen LogP contribution >= 0.6 is 0 Å². The zero-order valence-electron chi connectivity index (χ0n) is 7.87. The second kappa shape index (κ2) is 9.69. The first-order valence-electron chi connectivity index (χ1n) is 3.89. The van der Waals surface area contributed by atoms with Crippen LogP contribution in [0.3, 0.4) is 0 Å². The van der Waals surface area contributed by atoms with Gasteiger partial charge >= 0.3 is 0 Å². The SMILES string of the molecule is C=C/C=C(C=O)\C(O)=C/C.CC. The molecule has 12 heavy (non-hydrogen) atoms. The van der Waals surface area contributed by atoms with Crippen molar-refractivity contribution < 1.29 is 9.90 Å². The van der Waals surface area contributed by atoms with Crippen molar-refractivity contribution in [3.05, 3.63) is 36.1 Å². The molecule has 0 spiro atoms. The van der Waals surface area contributed by atoms with Crippen molar-refractivity contribution in [2.45, 2.75) is 20.8 Å². The molecular formula is C10H16O2. The highest BCUT2D eigenvalue weighted by atomic mass is 16.3. The van der Waals surface area contributed by atoms with Crippen molar-refractivity contribution in [3.63, 3.8) is 0 Å². The van der Waals surface area contributed by atoms with Crippen LogP contribution in [0.5, 0.6) is 0 Å². The number of hydrogen-bond acceptors (Lipinski definition) is 2.